The van der Waals surface area contributed by atoms with Gasteiger partial charge in [0.1, 0.15) is 5.75 Å². The van der Waals surface area contributed by atoms with Crippen LogP contribution in [0, 0.1) is 6.92 Å². The number of hydrogen-bond acceptors (Lipinski definition) is 4. The summed E-state index contributed by atoms with van der Waals surface area (Å²) in [6.07, 6.45) is 0.876. The van der Waals surface area contributed by atoms with Gasteiger partial charge in [-0.3, -0.25) is 25.2 Å². The molecule has 7 nitrogen and oxygen atoms in total. The third-order valence-corrected chi connectivity index (χ3v) is 5.36. The Bertz CT molecular complexity index is 1160. The van der Waals surface area contributed by atoms with Gasteiger partial charge >= 0.3 is 0 Å². The van der Waals surface area contributed by atoms with Crippen molar-refractivity contribution in [2.24, 2.45) is 0 Å². The van der Waals surface area contributed by atoms with Crippen molar-refractivity contribution in [2.45, 2.75) is 20.3 Å². The number of hydrazine groups is 1. The molecule has 0 aliphatic carbocycles. The molecule has 3 rings (SSSR count). The summed E-state index contributed by atoms with van der Waals surface area (Å²) >= 11 is 3.38. The van der Waals surface area contributed by atoms with Gasteiger partial charge in [0.25, 0.3) is 17.7 Å². The quantitative estimate of drug-likeness (QED) is 0.395. The van der Waals surface area contributed by atoms with Gasteiger partial charge in [-0.1, -0.05) is 25.1 Å². The standard InChI is InChI=1S/C25H24BrN3O4/c1-3-14-33-22-13-10-18(15-21(22)26)24(31)29-28-23(30)17-8-11-19(12-9-17)27-25(32)20-7-5-4-6-16(20)2/h4-13,15H,3,14H2,1-2H3,(H,27,32)(H,28,30)(H,29,31). The molecule has 3 aromatic carbocycles. The third-order valence-electron chi connectivity index (χ3n) is 4.74. The van der Waals surface area contributed by atoms with Crippen LogP contribution in [0.15, 0.2) is 71.2 Å². The fraction of sp³-hybridized carbons (Fsp3) is 0.160. The van der Waals surface area contributed by atoms with E-state index in [0.29, 0.717) is 39.2 Å². The maximum Gasteiger partial charge on any atom is 0.269 e. The zero-order valence-electron chi connectivity index (χ0n) is 18.3. The SMILES string of the molecule is CCCOc1ccc(C(=O)NNC(=O)c2ccc(NC(=O)c3ccccc3C)cc2)cc1Br. The first-order valence-corrected chi connectivity index (χ1v) is 11.2. The molecule has 0 saturated heterocycles. The molecule has 0 aliphatic heterocycles. The Kier molecular flexibility index (Phi) is 8.21. The van der Waals surface area contributed by atoms with Gasteiger partial charge < -0.3 is 10.1 Å². The molecule has 0 unspecified atom stereocenters. The average molecular weight is 510 g/mol. The lowest BCUT2D eigenvalue weighted by atomic mass is 10.1. The Morgan fingerprint density at radius 1 is 0.848 bits per heavy atom. The molecule has 0 spiro atoms. The number of aryl methyl sites for hydroxylation is 1. The highest BCUT2D eigenvalue weighted by atomic mass is 79.9. The first-order valence-electron chi connectivity index (χ1n) is 10.4. The van der Waals surface area contributed by atoms with E-state index >= 15 is 0 Å². The smallest absolute Gasteiger partial charge is 0.269 e. The van der Waals surface area contributed by atoms with E-state index in [-0.39, 0.29) is 5.91 Å². The molecule has 8 heteroatoms. The van der Waals surface area contributed by atoms with Crippen molar-refractivity contribution in [3.8, 4) is 5.75 Å². The van der Waals surface area contributed by atoms with Crippen LogP contribution in [0.25, 0.3) is 0 Å². The van der Waals surface area contributed by atoms with Gasteiger partial charge in [-0.15, -0.1) is 0 Å². The maximum absolute atomic E-state index is 12.4. The molecule has 3 aromatic rings. The maximum atomic E-state index is 12.4. The highest BCUT2D eigenvalue weighted by molar-refractivity contribution is 9.10. The van der Waals surface area contributed by atoms with Crippen molar-refractivity contribution >= 4 is 39.3 Å². The van der Waals surface area contributed by atoms with E-state index in [1.165, 1.54) is 0 Å². The molecule has 3 amide bonds. The molecule has 0 heterocycles. The number of hydrogen-bond donors (Lipinski definition) is 3. The summed E-state index contributed by atoms with van der Waals surface area (Å²) in [6.45, 7) is 4.45. The number of carbonyl (C=O) groups excluding carboxylic acids is 3. The number of amides is 3. The van der Waals surface area contributed by atoms with Crippen LogP contribution in [-0.4, -0.2) is 24.3 Å². The lowest BCUT2D eigenvalue weighted by molar-refractivity contribution is 0.0846. The number of nitrogens with one attached hydrogen (secondary N) is 3. The molecule has 0 aliphatic rings. The van der Waals surface area contributed by atoms with Crippen molar-refractivity contribution in [2.75, 3.05) is 11.9 Å². The normalized spacial score (nSPS) is 10.3. The number of halogens is 1. The monoisotopic (exact) mass is 509 g/mol. The second kappa shape index (κ2) is 11.3. The van der Waals surface area contributed by atoms with Crippen molar-refractivity contribution in [3.63, 3.8) is 0 Å². The molecule has 33 heavy (non-hydrogen) atoms. The first-order chi connectivity index (χ1) is 15.9. The molecule has 0 bridgehead atoms. The summed E-state index contributed by atoms with van der Waals surface area (Å²) in [5, 5.41) is 2.80. The molecule has 0 saturated carbocycles. The van der Waals surface area contributed by atoms with E-state index in [4.69, 9.17) is 4.74 Å². The third kappa shape index (κ3) is 6.43. The van der Waals surface area contributed by atoms with Crippen molar-refractivity contribution in [3.05, 3.63) is 93.5 Å². The highest BCUT2D eigenvalue weighted by Crippen LogP contribution is 2.26. The van der Waals surface area contributed by atoms with Gasteiger partial charge in [0.05, 0.1) is 11.1 Å². The Morgan fingerprint density at radius 3 is 2.12 bits per heavy atom. The van der Waals surface area contributed by atoms with E-state index in [2.05, 4.69) is 32.1 Å². The Labute approximate surface area is 200 Å². The summed E-state index contributed by atoms with van der Waals surface area (Å²) in [6, 6.07) is 18.6. The average Bonchev–Trinajstić information content (AvgIpc) is 2.82. The van der Waals surface area contributed by atoms with Gasteiger partial charge in [0, 0.05) is 22.4 Å². The fourth-order valence-electron chi connectivity index (χ4n) is 2.96. The van der Waals surface area contributed by atoms with Gasteiger partial charge in [0.15, 0.2) is 0 Å². The number of benzene rings is 3. The van der Waals surface area contributed by atoms with Gasteiger partial charge in [0.2, 0.25) is 0 Å². The summed E-state index contributed by atoms with van der Waals surface area (Å²) in [7, 11) is 0. The molecule has 3 N–H and O–H groups in total. The second-order valence-electron chi connectivity index (χ2n) is 7.25. The van der Waals surface area contributed by atoms with Crippen LogP contribution in [0.1, 0.15) is 50.0 Å². The summed E-state index contributed by atoms with van der Waals surface area (Å²) in [4.78, 5) is 37.2. The molecular formula is C25H24BrN3O4. The van der Waals surface area contributed by atoms with Crippen molar-refractivity contribution < 1.29 is 19.1 Å². The summed E-state index contributed by atoms with van der Waals surface area (Å²) < 4.78 is 6.22. The molecule has 0 atom stereocenters. The number of rotatable bonds is 7. The van der Waals surface area contributed by atoms with Gasteiger partial charge in [-0.2, -0.15) is 0 Å². The molecular weight excluding hydrogens is 486 g/mol. The van der Waals surface area contributed by atoms with Crippen LogP contribution in [0.2, 0.25) is 0 Å². The van der Waals surface area contributed by atoms with Crippen LogP contribution >= 0.6 is 15.9 Å². The van der Waals surface area contributed by atoms with Crippen LogP contribution in [0.4, 0.5) is 5.69 Å². The number of ether oxygens (including phenoxy) is 1. The molecule has 170 valence electrons. The van der Waals surface area contributed by atoms with Crippen molar-refractivity contribution in [1.29, 1.82) is 0 Å². The Hall–Kier alpha value is -3.65. The number of anilines is 1. The minimum Gasteiger partial charge on any atom is -0.492 e. The summed E-state index contributed by atoms with van der Waals surface area (Å²) in [5.41, 5.74) is 7.48. The van der Waals surface area contributed by atoms with E-state index in [9.17, 15) is 14.4 Å². The topological polar surface area (TPSA) is 96.5 Å². The van der Waals surface area contributed by atoms with E-state index in [0.717, 1.165) is 12.0 Å². The minimum atomic E-state index is -0.484. The van der Waals surface area contributed by atoms with Crippen LogP contribution in [0.3, 0.4) is 0 Å². The van der Waals surface area contributed by atoms with Crippen LogP contribution < -0.4 is 20.9 Å². The fourth-order valence-corrected chi connectivity index (χ4v) is 3.45. The molecule has 0 aromatic heterocycles. The molecule has 0 fully saturated rings. The minimum absolute atomic E-state index is 0.227. The van der Waals surface area contributed by atoms with Gasteiger partial charge in [-0.05, 0) is 83.4 Å². The van der Waals surface area contributed by atoms with E-state index < -0.39 is 11.8 Å². The van der Waals surface area contributed by atoms with Crippen molar-refractivity contribution in [1.82, 2.24) is 10.9 Å². The lowest BCUT2D eigenvalue weighted by Gasteiger charge is -2.11. The van der Waals surface area contributed by atoms with E-state index in [1.807, 2.05) is 26.0 Å². The Balaban J connectivity index is 1.55. The van der Waals surface area contributed by atoms with Crippen LogP contribution in [-0.2, 0) is 0 Å². The van der Waals surface area contributed by atoms with Gasteiger partial charge in [-0.25, -0.2) is 0 Å². The lowest BCUT2D eigenvalue weighted by Crippen LogP contribution is -2.41. The number of carbonyl (C=O) groups is 3. The van der Waals surface area contributed by atoms with E-state index in [1.54, 1.807) is 54.6 Å². The highest BCUT2D eigenvalue weighted by Gasteiger charge is 2.13. The largest absolute Gasteiger partial charge is 0.492 e. The first kappa shape index (κ1) is 24.0. The zero-order chi connectivity index (χ0) is 23.8. The predicted octanol–water partition coefficient (Wildman–Crippen LogP) is 4.87. The Morgan fingerprint density at radius 2 is 1.48 bits per heavy atom. The summed E-state index contributed by atoms with van der Waals surface area (Å²) in [5.74, 6) is -0.530. The predicted molar refractivity (Wildman–Crippen MR) is 130 cm³/mol. The second-order valence-corrected chi connectivity index (χ2v) is 8.10. The zero-order valence-corrected chi connectivity index (χ0v) is 19.9. The molecule has 0 radical (unpaired) electrons. The van der Waals surface area contributed by atoms with Crippen LogP contribution in [0.5, 0.6) is 5.75 Å².